The molecule has 0 saturated heterocycles. The summed E-state index contributed by atoms with van der Waals surface area (Å²) in [5.74, 6) is 0.0698. The van der Waals surface area contributed by atoms with Crippen molar-refractivity contribution in [1.82, 2.24) is 5.32 Å². The van der Waals surface area contributed by atoms with Gasteiger partial charge in [-0.15, -0.1) is 0 Å². The summed E-state index contributed by atoms with van der Waals surface area (Å²) < 4.78 is 0. The monoisotopic (exact) mass is 358 g/mol. The van der Waals surface area contributed by atoms with Crippen molar-refractivity contribution in [2.45, 2.75) is 25.9 Å². The maximum Gasteiger partial charge on any atom is 0.222 e. The molecule has 3 rings (SSSR count). The highest BCUT2D eigenvalue weighted by Crippen LogP contribution is 2.17. The highest BCUT2D eigenvalue weighted by atomic mass is 16.1. The van der Waals surface area contributed by atoms with Gasteiger partial charge in [-0.05, 0) is 30.2 Å². The summed E-state index contributed by atoms with van der Waals surface area (Å²) in [6, 6.07) is 30.7. The molecule has 1 N–H and O–H groups in total. The second kappa shape index (κ2) is 9.58. The molecule has 0 fully saturated rings. The number of rotatable bonds is 8. The molecule has 0 aliphatic heterocycles. The molecule has 3 heteroatoms. The molecule has 0 radical (unpaired) electrons. The van der Waals surface area contributed by atoms with Crippen LogP contribution in [0.3, 0.4) is 0 Å². The van der Waals surface area contributed by atoms with E-state index in [0.717, 1.165) is 17.8 Å². The van der Waals surface area contributed by atoms with Crippen LogP contribution >= 0.6 is 0 Å². The molecule has 0 aliphatic rings. The molecule has 1 atom stereocenters. The molecule has 0 aromatic heterocycles. The number of hydrogen-bond donors (Lipinski definition) is 1. The average molecular weight is 358 g/mol. The Bertz CT molecular complexity index is 819. The summed E-state index contributed by atoms with van der Waals surface area (Å²) in [5.41, 5.74) is 3.49. The summed E-state index contributed by atoms with van der Waals surface area (Å²) in [6.07, 6.45) is 0.457. The van der Waals surface area contributed by atoms with Gasteiger partial charge in [0.1, 0.15) is 0 Å². The Balaban J connectivity index is 1.61. The van der Waals surface area contributed by atoms with Gasteiger partial charge in [0, 0.05) is 25.2 Å². The van der Waals surface area contributed by atoms with Gasteiger partial charge in [0.25, 0.3) is 0 Å². The highest BCUT2D eigenvalue weighted by Gasteiger charge is 2.12. The number of nitrogens with zero attached hydrogens (tertiary/aromatic N) is 1. The number of benzene rings is 3. The van der Waals surface area contributed by atoms with Gasteiger partial charge in [-0.25, -0.2) is 0 Å². The van der Waals surface area contributed by atoms with E-state index in [2.05, 4.69) is 34.5 Å². The standard InChI is InChI=1S/C24H26N2O/c1-20(22-13-7-3-8-14-22)25-24(27)17-18-26(23-15-9-4-10-16-23)19-21-11-5-2-6-12-21/h2-16,20H,17-19H2,1H3,(H,25,27). The smallest absolute Gasteiger partial charge is 0.222 e. The van der Waals surface area contributed by atoms with Gasteiger partial charge >= 0.3 is 0 Å². The first-order valence-electron chi connectivity index (χ1n) is 9.40. The van der Waals surface area contributed by atoms with Crippen LogP contribution in [-0.4, -0.2) is 12.5 Å². The van der Waals surface area contributed by atoms with E-state index in [4.69, 9.17) is 0 Å². The lowest BCUT2D eigenvalue weighted by Gasteiger charge is -2.25. The van der Waals surface area contributed by atoms with Crippen molar-refractivity contribution < 1.29 is 4.79 Å². The second-order valence-corrected chi connectivity index (χ2v) is 6.69. The van der Waals surface area contributed by atoms with Gasteiger partial charge < -0.3 is 10.2 Å². The van der Waals surface area contributed by atoms with Crippen molar-refractivity contribution in [3.63, 3.8) is 0 Å². The number of amides is 1. The van der Waals surface area contributed by atoms with Crippen LogP contribution < -0.4 is 10.2 Å². The number of hydrogen-bond acceptors (Lipinski definition) is 2. The normalized spacial score (nSPS) is 11.6. The van der Waals surface area contributed by atoms with E-state index in [-0.39, 0.29) is 11.9 Å². The van der Waals surface area contributed by atoms with Gasteiger partial charge in [0.05, 0.1) is 6.04 Å². The molecule has 3 aromatic carbocycles. The summed E-state index contributed by atoms with van der Waals surface area (Å²) >= 11 is 0. The molecule has 1 amide bonds. The molecule has 0 bridgehead atoms. The minimum Gasteiger partial charge on any atom is -0.367 e. The lowest BCUT2D eigenvalue weighted by molar-refractivity contribution is -0.121. The molecule has 0 aliphatic carbocycles. The van der Waals surface area contributed by atoms with E-state index in [9.17, 15) is 4.79 Å². The van der Waals surface area contributed by atoms with Gasteiger partial charge in [-0.3, -0.25) is 4.79 Å². The molecular weight excluding hydrogens is 332 g/mol. The molecule has 27 heavy (non-hydrogen) atoms. The first kappa shape index (κ1) is 18.7. The van der Waals surface area contributed by atoms with Crippen LogP contribution in [0.5, 0.6) is 0 Å². The van der Waals surface area contributed by atoms with Crippen LogP contribution in [0.1, 0.15) is 30.5 Å². The fourth-order valence-corrected chi connectivity index (χ4v) is 3.12. The molecule has 3 aromatic rings. The van der Waals surface area contributed by atoms with Crippen molar-refractivity contribution >= 4 is 11.6 Å². The van der Waals surface area contributed by atoms with E-state index < -0.39 is 0 Å². The van der Waals surface area contributed by atoms with Crippen LogP contribution in [0.2, 0.25) is 0 Å². The Morgan fingerprint density at radius 1 is 0.852 bits per heavy atom. The topological polar surface area (TPSA) is 32.3 Å². The predicted octanol–water partition coefficient (Wildman–Crippen LogP) is 4.96. The molecule has 138 valence electrons. The third-order valence-corrected chi connectivity index (χ3v) is 4.62. The van der Waals surface area contributed by atoms with Gasteiger partial charge in [-0.2, -0.15) is 0 Å². The SMILES string of the molecule is CC(NC(=O)CCN(Cc1ccccc1)c1ccccc1)c1ccccc1. The van der Waals surface area contributed by atoms with Gasteiger partial charge in [0.2, 0.25) is 5.91 Å². The average Bonchev–Trinajstić information content (AvgIpc) is 2.73. The molecule has 0 spiro atoms. The Hall–Kier alpha value is -3.07. The zero-order chi connectivity index (χ0) is 18.9. The molecular formula is C24H26N2O. The van der Waals surface area contributed by atoms with Gasteiger partial charge in [-0.1, -0.05) is 78.9 Å². The predicted molar refractivity (Wildman–Crippen MR) is 112 cm³/mol. The lowest BCUT2D eigenvalue weighted by atomic mass is 10.1. The van der Waals surface area contributed by atoms with Crippen molar-refractivity contribution in [3.8, 4) is 0 Å². The lowest BCUT2D eigenvalue weighted by Crippen LogP contribution is -2.32. The summed E-state index contributed by atoms with van der Waals surface area (Å²) in [4.78, 5) is 14.7. The first-order valence-corrected chi connectivity index (χ1v) is 9.40. The van der Waals surface area contributed by atoms with Crippen LogP contribution in [0.25, 0.3) is 0 Å². The van der Waals surface area contributed by atoms with Crippen molar-refractivity contribution in [2.75, 3.05) is 11.4 Å². The van der Waals surface area contributed by atoms with E-state index >= 15 is 0 Å². The minimum absolute atomic E-state index is 0.0120. The van der Waals surface area contributed by atoms with E-state index in [1.165, 1.54) is 5.56 Å². The summed E-state index contributed by atoms with van der Waals surface area (Å²) in [7, 11) is 0. The molecule has 0 saturated carbocycles. The van der Waals surface area contributed by atoms with E-state index in [1.807, 2.05) is 73.7 Å². The van der Waals surface area contributed by atoms with Crippen molar-refractivity contribution in [3.05, 3.63) is 102 Å². The minimum atomic E-state index is 0.0120. The molecule has 0 heterocycles. The molecule has 3 nitrogen and oxygen atoms in total. The summed E-state index contributed by atoms with van der Waals surface area (Å²) in [5, 5.41) is 3.10. The zero-order valence-corrected chi connectivity index (χ0v) is 15.7. The highest BCUT2D eigenvalue weighted by molar-refractivity contribution is 5.77. The Labute approximate surface area is 161 Å². The fraction of sp³-hybridized carbons (Fsp3) is 0.208. The van der Waals surface area contributed by atoms with Crippen molar-refractivity contribution in [2.24, 2.45) is 0 Å². The van der Waals surface area contributed by atoms with Crippen LogP contribution in [0.4, 0.5) is 5.69 Å². The quantitative estimate of drug-likeness (QED) is 0.617. The Morgan fingerprint density at radius 3 is 2.04 bits per heavy atom. The second-order valence-electron chi connectivity index (χ2n) is 6.69. The Kier molecular flexibility index (Phi) is 6.64. The number of nitrogens with one attached hydrogen (secondary N) is 1. The van der Waals surface area contributed by atoms with E-state index in [0.29, 0.717) is 13.0 Å². The Morgan fingerprint density at radius 2 is 1.41 bits per heavy atom. The first-order chi connectivity index (χ1) is 13.2. The fourth-order valence-electron chi connectivity index (χ4n) is 3.12. The van der Waals surface area contributed by atoms with Crippen LogP contribution in [-0.2, 0) is 11.3 Å². The maximum atomic E-state index is 12.5. The molecule has 1 unspecified atom stereocenters. The van der Waals surface area contributed by atoms with Crippen molar-refractivity contribution in [1.29, 1.82) is 0 Å². The third kappa shape index (κ3) is 5.71. The van der Waals surface area contributed by atoms with Gasteiger partial charge in [0.15, 0.2) is 0 Å². The third-order valence-electron chi connectivity index (χ3n) is 4.62. The van der Waals surface area contributed by atoms with E-state index in [1.54, 1.807) is 0 Å². The number of para-hydroxylation sites is 1. The number of carbonyl (C=O) groups is 1. The largest absolute Gasteiger partial charge is 0.367 e. The zero-order valence-electron chi connectivity index (χ0n) is 15.7. The van der Waals surface area contributed by atoms with Crippen LogP contribution in [0, 0.1) is 0 Å². The number of carbonyl (C=O) groups excluding carboxylic acids is 1. The maximum absolute atomic E-state index is 12.5. The number of anilines is 1. The van der Waals surface area contributed by atoms with Crippen LogP contribution in [0.15, 0.2) is 91.0 Å². The summed E-state index contributed by atoms with van der Waals surface area (Å²) in [6.45, 7) is 3.48.